The molecule has 0 bridgehead atoms. The van der Waals surface area contributed by atoms with Gasteiger partial charge in [-0.3, -0.25) is 4.79 Å². The van der Waals surface area contributed by atoms with Gasteiger partial charge in [0.2, 0.25) is 5.91 Å². The van der Waals surface area contributed by atoms with E-state index < -0.39 is 11.6 Å². The van der Waals surface area contributed by atoms with Crippen molar-refractivity contribution in [2.75, 3.05) is 26.2 Å². The minimum atomic E-state index is -0.823. The molecule has 4 atom stereocenters. The molecule has 23 heavy (non-hydrogen) atoms. The first-order valence-electron chi connectivity index (χ1n) is 8.58. The van der Waals surface area contributed by atoms with Gasteiger partial charge in [-0.15, -0.1) is 0 Å². The fourth-order valence-electron chi connectivity index (χ4n) is 4.29. The maximum atomic E-state index is 13.9. The summed E-state index contributed by atoms with van der Waals surface area (Å²) < 4.78 is 27.2. The van der Waals surface area contributed by atoms with Crippen molar-refractivity contribution < 1.29 is 13.6 Å². The van der Waals surface area contributed by atoms with E-state index in [1.165, 1.54) is 6.07 Å². The van der Waals surface area contributed by atoms with Crippen molar-refractivity contribution in [3.05, 3.63) is 35.4 Å². The summed E-state index contributed by atoms with van der Waals surface area (Å²) in [6.07, 6.45) is 2.74. The molecular formula is C18H22F2N2O. The average Bonchev–Trinajstić information content (AvgIpc) is 3.26. The number of likely N-dealkylation sites (tertiary alicyclic amines) is 1. The summed E-state index contributed by atoms with van der Waals surface area (Å²) >= 11 is 0. The number of amides is 1. The molecule has 124 valence electrons. The Hall–Kier alpha value is -1.49. The number of halogens is 2. The molecule has 1 aromatic rings. The molecule has 0 radical (unpaired) electrons. The Morgan fingerprint density at radius 2 is 1.83 bits per heavy atom. The number of fused-ring (bicyclic) bond motifs is 1. The van der Waals surface area contributed by atoms with Crippen LogP contribution in [0.4, 0.5) is 8.78 Å². The van der Waals surface area contributed by atoms with Crippen LogP contribution in [0.1, 0.15) is 30.7 Å². The molecule has 1 aliphatic carbocycles. The molecule has 1 aromatic carbocycles. The zero-order valence-corrected chi connectivity index (χ0v) is 13.1. The summed E-state index contributed by atoms with van der Waals surface area (Å²) in [7, 11) is 0. The number of hydrogen-bond acceptors (Lipinski definition) is 2. The fourth-order valence-corrected chi connectivity index (χ4v) is 4.29. The number of nitrogens with zero attached hydrogens (tertiary/aromatic N) is 1. The van der Waals surface area contributed by atoms with Gasteiger partial charge >= 0.3 is 0 Å². The highest BCUT2D eigenvalue weighted by Gasteiger charge is 2.47. The molecule has 3 nitrogen and oxygen atoms in total. The Balaban J connectivity index is 1.42. The second-order valence-electron chi connectivity index (χ2n) is 7.17. The first kappa shape index (κ1) is 15.1. The van der Waals surface area contributed by atoms with Gasteiger partial charge in [0.05, 0.1) is 0 Å². The van der Waals surface area contributed by atoms with Crippen LogP contribution in [-0.4, -0.2) is 37.0 Å². The van der Waals surface area contributed by atoms with Gasteiger partial charge in [0.25, 0.3) is 0 Å². The molecule has 2 saturated heterocycles. The highest BCUT2D eigenvalue weighted by atomic mass is 19.2. The van der Waals surface area contributed by atoms with Crippen molar-refractivity contribution in [3.8, 4) is 0 Å². The average molecular weight is 320 g/mol. The van der Waals surface area contributed by atoms with E-state index in [0.29, 0.717) is 23.8 Å². The van der Waals surface area contributed by atoms with Crippen molar-refractivity contribution in [2.45, 2.75) is 25.2 Å². The van der Waals surface area contributed by atoms with Crippen LogP contribution in [0.5, 0.6) is 0 Å². The monoisotopic (exact) mass is 320 g/mol. The Morgan fingerprint density at radius 1 is 1.13 bits per heavy atom. The van der Waals surface area contributed by atoms with E-state index >= 15 is 0 Å². The molecule has 0 spiro atoms. The Kier molecular flexibility index (Phi) is 3.84. The van der Waals surface area contributed by atoms with E-state index in [2.05, 4.69) is 5.32 Å². The van der Waals surface area contributed by atoms with Gasteiger partial charge in [0, 0.05) is 19.0 Å². The van der Waals surface area contributed by atoms with Crippen molar-refractivity contribution in [3.63, 3.8) is 0 Å². The molecule has 5 heteroatoms. The number of carbonyl (C=O) groups is 1. The molecule has 1 saturated carbocycles. The van der Waals surface area contributed by atoms with Gasteiger partial charge in [0.15, 0.2) is 11.6 Å². The third-order valence-electron chi connectivity index (χ3n) is 5.82. The fraction of sp³-hybridized carbons (Fsp3) is 0.611. The number of rotatable bonds is 2. The molecule has 2 aliphatic heterocycles. The van der Waals surface area contributed by atoms with Crippen LogP contribution in [0.2, 0.25) is 0 Å². The predicted octanol–water partition coefficient (Wildman–Crippen LogP) is 2.53. The van der Waals surface area contributed by atoms with Gasteiger partial charge < -0.3 is 10.2 Å². The first-order valence-corrected chi connectivity index (χ1v) is 8.58. The number of carbonyl (C=O) groups excluding carboxylic acids is 1. The quantitative estimate of drug-likeness (QED) is 0.908. The molecule has 3 aliphatic rings. The molecular weight excluding hydrogens is 298 g/mol. The minimum absolute atomic E-state index is 0.131. The number of hydrogen-bond donors (Lipinski definition) is 1. The van der Waals surface area contributed by atoms with Crippen molar-refractivity contribution in [2.24, 2.45) is 17.8 Å². The largest absolute Gasteiger partial charge is 0.342 e. The zero-order chi connectivity index (χ0) is 16.0. The highest BCUT2D eigenvalue weighted by Crippen LogP contribution is 2.49. The van der Waals surface area contributed by atoms with Crippen LogP contribution in [0.25, 0.3) is 0 Å². The molecule has 0 aromatic heterocycles. The second kappa shape index (κ2) is 5.86. The summed E-state index contributed by atoms with van der Waals surface area (Å²) in [5.41, 5.74) is 0.360. The van der Waals surface area contributed by atoms with Gasteiger partial charge in [-0.05, 0) is 61.7 Å². The van der Waals surface area contributed by atoms with Crippen LogP contribution >= 0.6 is 0 Å². The molecule has 1 N–H and O–H groups in total. The highest BCUT2D eigenvalue weighted by molar-refractivity contribution is 5.83. The molecule has 4 rings (SSSR count). The van der Waals surface area contributed by atoms with E-state index in [9.17, 15) is 13.6 Å². The van der Waals surface area contributed by atoms with Gasteiger partial charge in [0.1, 0.15) is 0 Å². The topological polar surface area (TPSA) is 32.3 Å². The first-order chi connectivity index (χ1) is 11.1. The van der Waals surface area contributed by atoms with E-state index in [1.54, 1.807) is 6.07 Å². The van der Waals surface area contributed by atoms with Crippen LogP contribution in [-0.2, 0) is 4.79 Å². The lowest BCUT2D eigenvalue weighted by Crippen LogP contribution is -2.34. The Morgan fingerprint density at radius 3 is 2.52 bits per heavy atom. The third kappa shape index (κ3) is 2.75. The molecule has 3 fully saturated rings. The lowest BCUT2D eigenvalue weighted by atomic mass is 9.92. The summed E-state index contributed by atoms with van der Waals surface area (Å²) in [6.45, 7) is 3.73. The smallest absolute Gasteiger partial charge is 0.226 e. The zero-order valence-electron chi connectivity index (χ0n) is 13.1. The van der Waals surface area contributed by atoms with Crippen LogP contribution in [0, 0.1) is 29.4 Å². The SMILES string of the molecule is O=C(C1CC1c1cccc(F)c1F)N1CC[C@@H]2CNC[C@@H]2CC1. The van der Waals surface area contributed by atoms with E-state index in [4.69, 9.17) is 0 Å². The van der Waals surface area contributed by atoms with E-state index in [-0.39, 0.29) is 17.7 Å². The van der Waals surface area contributed by atoms with Crippen molar-refractivity contribution >= 4 is 5.91 Å². The predicted molar refractivity (Wildman–Crippen MR) is 82.9 cm³/mol. The summed E-state index contributed by atoms with van der Waals surface area (Å²) in [4.78, 5) is 14.7. The summed E-state index contributed by atoms with van der Waals surface area (Å²) in [5.74, 6) is -0.427. The van der Waals surface area contributed by atoms with Crippen molar-refractivity contribution in [1.82, 2.24) is 10.2 Å². The second-order valence-corrected chi connectivity index (χ2v) is 7.17. The standard InChI is InChI=1S/C18H22F2N2O/c19-16-3-1-2-13(17(16)20)14-8-15(14)18(23)22-6-4-11-9-21-10-12(11)5-7-22/h1-3,11-12,14-15,21H,4-10H2/t11-,12+,14?,15?. The Labute approximate surface area is 135 Å². The Bertz CT molecular complexity index is 607. The number of nitrogens with one attached hydrogen (secondary N) is 1. The van der Waals surface area contributed by atoms with E-state index in [1.807, 2.05) is 4.90 Å². The lowest BCUT2D eigenvalue weighted by Gasteiger charge is -2.21. The van der Waals surface area contributed by atoms with Gasteiger partial charge in [-0.25, -0.2) is 8.78 Å². The maximum absolute atomic E-state index is 13.9. The normalized spacial score (nSPS) is 33.2. The molecule has 2 unspecified atom stereocenters. The van der Waals surface area contributed by atoms with Crippen LogP contribution in [0.3, 0.4) is 0 Å². The summed E-state index contributed by atoms with van der Waals surface area (Å²) in [5, 5.41) is 3.43. The minimum Gasteiger partial charge on any atom is -0.342 e. The van der Waals surface area contributed by atoms with Gasteiger partial charge in [-0.1, -0.05) is 12.1 Å². The van der Waals surface area contributed by atoms with E-state index in [0.717, 1.165) is 45.1 Å². The third-order valence-corrected chi connectivity index (χ3v) is 5.82. The van der Waals surface area contributed by atoms with Gasteiger partial charge in [-0.2, -0.15) is 0 Å². The molecule has 2 heterocycles. The van der Waals surface area contributed by atoms with Crippen molar-refractivity contribution in [1.29, 1.82) is 0 Å². The summed E-state index contributed by atoms with van der Waals surface area (Å²) in [6, 6.07) is 4.25. The maximum Gasteiger partial charge on any atom is 0.226 e. The number of benzene rings is 1. The van der Waals surface area contributed by atoms with Crippen LogP contribution < -0.4 is 5.32 Å². The molecule has 1 amide bonds. The lowest BCUT2D eigenvalue weighted by molar-refractivity contribution is -0.132. The van der Waals surface area contributed by atoms with Crippen LogP contribution in [0.15, 0.2) is 18.2 Å².